The Morgan fingerprint density at radius 3 is 3.04 bits per heavy atom. The third-order valence-corrected chi connectivity index (χ3v) is 4.53. The zero-order chi connectivity index (χ0) is 17.4. The predicted molar refractivity (Wildman–Crippen MR) is 99.4 cm³/mol. The summed E-state index contributed by atoms with van der Waals surface area (Å²) in [5, 5.41) is 14.1. The Morgan fingerprint density at radius 1 is 1.36 bits per heavy atom. The average molecular weight is 338 g/mol. The van der Waals surface area contributed by atoms with Crippen LogP contribution in [0.25, 0.3) is 10.9 Å². The van der Waals surface area contributed by atoms with E-state index in [1.165, 1.54) is 0 Å². The van der Waals surface area contributed by atoms with Gasteiger partial charge < -0.3 is 26.0 Å². The number of benzene rings is 1. The van der Waals surface area contributed by atoms with Crippen LogP contribution in [0.3, 0.4) is 0 Å². The van der Waals surface area contributed by atoms with Crippen molar-refractivity contribution in [1.82, 2.24) is 15.0 Å². The number of aromatic hydroxyl groups is 1. The second-order valence-electron chi connectivity index (χ2n) is 6.61. The predicted octanol–water partition coefficient (Wildman–Crippen LogP) is 2.64. The van der Waals surface area contributed by atoms with Crippen LogP contribution in [0.4, 0.5) is 17.5 Å². The number of anilines is 3. The van der Waals surface area contributed by atoms with E-state index in [1.807, 2.05) is 31.2 Å². The summed E-state index contributed by atoms with van der Waals surface area (Å²) in [6.45, 7) is 3.67. The van der Waals surface area contributed by atoms with Gasteiger partial charge in [0, 0.05) is 31.0 Å². The highest BCUT2D eigenvalue weighted by molar-refractivity contribution is 5.96. The molecule has 7 nitrogen and oxygen atoms in total. The van der Waals surface area contributed by atoms with Gasteiger partial charge >= 0.3 is 0 Å². The molecule has 2 aromatic heterocycles. The van der Waals surface area contributed by atoms with E-state index >= 15 is 0 Å². The van der Waals surface area contributed by atoms with Crippen LogP contribution >= 0.6 is 0 Å². The average Bonchev–Trinajstić information content (AvgIpc) is 2.96. The van der Waals surface area contributed by atoms with E-state index in [2.05, 4.69) is 25.2 Å². The van der Waals surface area contributed by atoms with Gasteiger partial charge in [0.15, 0.2) is 0 Å². The molecule has 0 bridgehead atoms. The van der Waals surface area contributed by atoms with Gasteiger partial charge in [0.05, 0.1) is 5.52 Å². The van der Waals surface area contributed by atoms with Gasteiger partial charge in [-0.2, -0.15) is 4.98 Å². The van der Waals surface area contributed by atoms with Crippen molar-refractivity contribution < 1.29 is 5.11 Å². The lowest BCUT2D eigenvalue weighted by atomic mass is 10.1. The molecule has 1 aromatic carbocycles. The first-order chi connectivity index (χ1) is 12.1. The standard InChI is InChI=1S/C18H22N6O/c1-11-4-2-6-13(8-11)21-16-15-14(9-20-17(15)25)22-18(23-16)24-7-3-5-12(19)10-24/h2,4,6,8-9,12,20,25H,3,5,7,10,19H2,1H3,(H,21,22,23). The molecule has 1 saturated heterocycles. The summed E-state index contributed by atoms with van der Waals surface area (Å²) in [7, 11) is 0. The van der Waals surface area contributed by atoms with Crippen LogP contribution in [0.1, 0.15) is 18.4 Å². The minimum atomic E-state index is 0.0621. The molecule has 5 N–H and O–H groups in total. The van der Waals surface area contributed by atoms with Crippen molar-refractivity contribution in [2.24, 2.45) is 5.73 Å². The van der Waals surface area contributed by atoms with Crippen LogP contribution in [0.15, 0.2) is 30.5 Å². The van der Waals surface area contributed by atoms with Gasteiger partial charge in [-0.3, -0.25) is 0 Å². The second kappa shape index (κ2) is 6.25. The molecule has 130 valence electrons. The smallest absolute Gasteiger partial charge is 0.228 e. The number of rotatable bonds is 3. The zero-order valence-corrected chi connectivity index (χ0v) is 14.2. The highest BCUT2D eigenvalue weighted by atomic mass is 16.3. The molecule has 25 heavy (non-hydrogen) atoms. The van der Waals surface area contributed by atoms with E-state index in [0.29, 0.717) is 22.7 Å². The zero-order valence-electron chi connectivity index (χ0n) is 14.2. The van der Waals surface area contributed by atoms with Gasteiger partial charge in [0.1, 0.15) is 11.2 Å². The van der Waals surface area contributed by atoms with Crippen LogP contribution in [0.5, 0.6) is 5.88 Å². The number of H-pyrrole nitrogens is 1. The Labute approximate surface area is 145 Å². The summed E-state index contributed by atoms with van der Waals surface area (Å²) in [6, 6.07) is 8.17. The van der Waals surface area contributed by atoms with Gasteiger partial charge in [-0.15, -0.1) is 0 Å². The van der Waals surface area contributed by atoms with E-state index in [9.17, 15) is 5.11 Å². The Kier molecular flexibility index (Phi) is 3.93. The summed E-state index contributed by atoms with van der Waals surface area (Å²) in [4.78, 5) is 14.2. The minimum Gasteiger partial charge on any atom is -0.494 e. The third kappa shape index (κ3) is 3.10. The molecule has 0 amide bonds. The molecule has 4 rings (SSSR count). The Balaban J connectivity index is 1.76. The van der Waals surface area contributed by atoms with Crippen LogP contribution in [-0.2, 0) is 0 Å². The largest absolute Gasteiger partial charge is 0.494 e. The van der Waals surface area contributed by atoms with Crippen molar-refractivity contribution in [3.63, 3.8) is 0 Å². The number of aryl methyl sites for hydroxylation is 1. The Hall–Kier alpha value is -2.80. The Bertz CT molecular complexity index is 906. The van der Waals surface area contributed by atoms with Gasteiger partial charge in [-0.05, 0) is 37.5 Å². The van der Waals surface area contributed by atoms with Crippen LogP contribution in [0.2, 0.25) is 0 Å². The molecule has 1 atom stereocenters. The summed E-state index contributed by atoms with van der Waals surface area (Å²) in [5.41, 5.74) is 8.84. The number of aromatic nitrogens is 3. The molecule has 3 aromatic rings. The van der Waals surface area contributed by atoms with Crippen LogP contribution in [0, 0.1) is 6.92 Å². The molecule has 0 radical (unpaired) electrons. The fraction of sp³-hybridized carbons (Fsp3) is 0.333. The van der Waals surface area contributed by atoms with E-state index in [1.54, 1.807) is 6.20 Å². The second-order valence-corrected chi connectivity index (χ2v) is 6.61. The van der Waals surface area contributed by atoms with Gasteiger partial charge in [-0.1, -0.05) is 12.1 Å². The lowest BCUT2D eigenvalue weighted by Gasteiger charge is -2.31. The molecule has 1 unspecified atom stereocenters. The SMILES string of the molecule is Cc1cccc(Nc2nc(N3CCCC(N)C3)nc3c[nH]c(O)c23)c1. The number of fused-ring (bicyclic) bond motifs is 1. The number of aromatic amines is 1. The summed E-state index contributed by atoms with van der Waals surface area (Å²) < 4.78 is 0. The van der Waals surface area contributed by atoms with Crippen molar-refractivity contribution in [3.8, 4) is 5.88 Å². The monoisotopic (exact) mass is 338 g/mol. The topological polar surface area (TPSA) is 103 Å². The number of nitrogens with zero attached hydrogens (tertiary/aromatic N) is 3. The molecular weight excluding hydrogens is 316 g/mol. The van der Waals surface area contributed by atoms with E-state index in [0.717, 1.165) is 37.2 Å². The van der Waals surface area contributed by atoms with Gasteiger partial charge in [-0.25, -0.2) is 4.98 Å². The fourth-order valence-electron chi connectivity index (χ4n) is 3.30. The molecule has 0 aliphatic carbocycles. The van der Waals surface area contributed by atoms with E-state index in [-0.39, 0.29) is 11.9 Å². The van der Waals surface area contributed by atoms with E-state index < -0.39 is 0 Å². The third-order valence-electron chi connectivity index (χ3n) is 4.53. The van der Waals surface area contributed by atoms with Crippen LogP contribution in [-0.4, -0.2) is 39.2 Å². The molecule has 3 heterocycles. The lowest BCUT2D eigenvalue weighted by Crippen LogP contribution is -2.43. The van der Waals surface area contributed by atoms with Crippen molar-refractivity contribution in [3.05, 3.63) is 36.0 Å². The number of nitrogens with one attached hydrogen (secondary N) is 2. The van der Waals surface area contributed by atoms with Crippen LogP contribution < -0.4 is 16.0 Å². The Morgan fingerprint density at radius 2 is 2.24 bits per heavy atom. The van der Waals surface area contributed by atoms with Crippen molar-refractivity contribution in [2.45, 2.75) is 25.8 Å². The van der Waals surface area contributed by atoms with Crippen molar-refractivity contribution in [1.29, 1.82) is 0 Å². The molecule has 7 heteroatoms. The first-order valence-electron chi connectivity index (χ1n) is 8.52. The number of hydrogen-bond donors (Lipinski definition) is 4. The van der Waals surface area contributed by atoms with Gasteiger partial charge in [0.25, 0.3) is 0 Å². The van der Waals surface area contributed by atoms with Crippen molar-refractivity contribution in [2.75, 3.05) is 23.3 Å². The normalized spacial score (nSPS) is 17.8. The maximum Gasteiger partial charge on any atom is 0.228 e. The molecule has 1 fully saturated rings. The maximum absolute atomic E-state index is 10.2. The highest BCUT2D eigenvalue weighted by Crippen LogP contribution is 2.33. The number of piperidine rings is 1. The highest BCUT2D eigenvalue weighted by Gasteiger charge is 2.22. The minimum absolute atomic E-state index is 0.0621. The molecule has 0 saturated carbocycles. The lowest BCUT2D eigenvalue weighted by molar-refractivity contribution is 0.462. The quantitative estimate of drug-likeness (QED) is 0.585. The summed E-state index contributed by atoms with van der Waals surface area (Å²) in [6.07, 6.45) is 3.75. The summed E-state index contributed by atoms with van der Waals surface area (Å²) >= 11 is 0. The molecular formula is C18H22N6O. The first-order valence-corrected chi connectivity index (χ1v) is 8.52. The molecule has 1 aliphatic rings. The number of hydrogen-bond acceptors (Lipinski definition) is 6. The first kappa shape index (κ1) is 15.7. The fourth-order valence-corrected chi connectivity index (χ4v) is 3.30. The molecule has 0 spiro atoms. The maximum atomic E-state index is 10.2. The van der Waals surface area contributed by atoms with E-state index in [4.69, 9.17) is 5.73 Å². The van der Waals surface area contributed by atoms with Crippen molar-refractivity contribution >= 4 is 28.4 Å². The van der Waals surface area contributed by atoms with Gasteiger partial charge in [0.2, 0.25) is 11.8 Å². The number of nitrogens with two attached hydrogens (primary N) is 1. The summed E-state index contributed by atoms with van der Waals surface area (Å²) in [5.74, 6) is 1.28. The molecule has 1 aliphatic heterocycles.